The van der Waals surface area contributed by atoms with Gasteiger partial charge in [-0.2, -0.15) is 4.52 Å². The van der Waals surface area contributed by atoms with Crippen LogP contribution in [0.1, 0.15) is 26.5 Å². The summed E-state index contributed by atoms with van der Waals surface area (Å²) in [5.74, 6) is 0.950. The number of imidazole rings is 1. The summed E-state index contributed by atoms with van der Waals surface area (Å²) in [6.07, 6.45) is 3.68. The van der Waals surface area contributed by atoms with Gasteiger partial charge in [0.25, 0.3) is 0 Å². The van der Waals surface area contributed by atoms with Crippen LogP contribution < -0.4 is 9.80 Å². The third kappa shape index (κ3) is 2.89. The first-order valence-corrected chi connectivity index (χ1v) is 9.83. The first-order valence-electron chi connectivity index (χ1n) is 9.01. The molecule has 1 aliphatic heterocycles. The van der Waals surface area contributed by atoms with Gasteiger partial charge < -0.3 is 9.80 Å². The zero-order valence-electron chi connectivity index (χ0n) is 15.6. The lowest BCUT2D eigenvalue weighted by molar-refractivity contribution is 0.572. The molecule has 27 heavy (non-hydrogen) atoms. The second-order valence-corrected chi connectivity index (χ2v) is 8.72. The van der Waals surface area contributed by atoms with Gasteiger partial charge in [0.15, 0.2) is 5.65 Å². The fourth-order valence-electron chi connectivity index (χ4n) is 3.19. The zero-order chi connectivity index (χ0) is 18.6. The van der Waals surface area contributed by atoms with E-state index in [1.54, 1.807) is 22.2 Å². The Bertz CT molecular complexity index is 1060. The van der Waals surface area contributed by atoms with Crippen LogP contribution in [0, 0.1) is 0 Å². The summed E-state index contributed by atoms with van der Waals surface area (Å²) in [5.41, 5.74) is 1.88. The molecular formula is C17H21N9S. The van der Waals surface area contributed by atoms with Crippen LogP contribution in [0.3, 0.4) is 0 Å². The van der Waals surface area contributed by atoms with E-state index >= 15 is 0 Å². The second-order valence-electron chi connectivity index (χ2n) is 7.79. The molecule has 0 bridgehead atoms. The smallest absolute Gasteiger partial charge is 0.214 e. The van der Waals surface area contributed by atoms with Gasteiger partial charge >= 0.3 is 0 Å². The molecule has 0 atom stereocenters. The average molecular weight is 383 g/mol. The number of nitrogens with zero attached hydrogens (tertiary/aromatic N) is 9. The van der Waals surface area contributed by atoms with Gasteiger partial charge in [0.2, 0.25) is 10.1 Å². The number of fused-ring (bicyclic) bond motifs is 2. The second kappa shape index (κ2) is 5.88. The molecule has 1 saturated heterocycles. The molecule has 0 radical (unpaired) electrons. The molecule has 1 fully saturated rings. The molecular weight excluding hydrogens is 362 g/mol. The molecule has 5 rings (SSSR count). The SMILES string of the molecule is CC(C)(C)c1cn2nc(N3CCN(c4ccc5nncn5n4)CC3)sc2n1. The van der Waals surface area contributed by atoms with Gasteiger partial charge in [-0.15, -0.1) is 20.4 Å². The molecule has 0 N–H and O–H groups in total. The van der Waals surface area contributed by atoms with Crippen molar-refractivity contribution in [3.63, 3.8) is 0 Å². The van der Waals surface area contributed by atoms with Crippen LogP contribution in [0.15, 0.2) is 24.7 Å². The summed E-state index contributed by atoms with van der Waals surface area (Å²) in [7, 11) is 0. The van der Waals surface area contributed by atoms with E-state index in [-0.39, 0.29) is 5.41 Å². The summed E-state index contributed by atoms with van der Waals surface area (Å²) < 4.78 is 3.62. The number of anilines is 2. The van der Waals surface area contributed by atoms with Gasteiger partial charge in [-0.1, -0.05) is 32.1 Å². The zero-order valence-corrected chi connectivity index (χ0v) is 16.4. The maximum atomic E-state index is 4.75. The monoisotopic (exact) mass is 383 g/mol. The van der Waals surface area contributed by atoms with E-state index in [1.165, 1.54) is 0 Å². The fraction of sp³-hybridized carbons (Fsp3) is 0.471. The quantitative estimate of drug-likeness (QED) is 0.523. The molecule has 140 valence electrons. The number of hydrogen-bond acceptors (Lipinski definition) is 8. The van der Waals surface area contributed by atoms with Crippen molar-refractivity contribution in [3.8, 4) is 0 Å². The predicted octanol–water partition coefficient (Wildman–Crippen LogP) is 1.85. The summed E-state index contributed by atoms with van der Waals surface area (Å²) in [6.45, 7) is 10.1. The van der Waals surface area contributed by atoms with E-state index in [1.807, 2.05) is 22.8 Å². The van der Waals surface area contributed by atoms with E-state index in [0.717, 1.165) is 53.4 Å². The minimum Gasteiger partial charge on any atom is -0.352 e. The van der Waals surface area contributed by atoms with Crippen LogP contribution in [0.4, 0.5) is 10.9 Å². The van der Waals surface area contributed by atoms with Crippen molar-refractivity contribution in [2.75, 3.05) is 36.0 Å². The maximum Gasteiger partial charge on any atom is 0.214 e. The van der Waals surface area contributed by atoms with Crippen LogP contribution in [0.2, 0.25) is 0 Å². The molecule has 0 aromatic carbocycles. The minimum atomic E-state index is 0.0398. The Kier molecular flexibility index (Phi) is 3.58. The average Bonchev–Trinajstić information content (AvgIpc) is 3.34. The molecule has 0 amide bonds. The molecule has 5 heterocycles. The number of aromatic nitrogens is 7. The fourth-order valence-corrected chi connectivity index (χ4v) is 4.13. The highest BCUT2D eigenvalue weighted by molar-refractivity contribution is 7.20. The maximum absolute atomic E-state index is 4.75. The van der Waals surface area contributed by atoms with Crippen LogP contribution in [-0.4, -0.2) is 60.6 Å². The number of hydrogen-bond donors (Lipinski definition) is 0. The molecule has 9 nitrogen and oxygen atoms in total. The molecule has 0 unspecified atom stereocenters. The predicted molar refractivity (Wildman–Crippen MR) is 105 cm³/mol. The van der Waals surface area contributed by atoms with Crippen molar-refractivity contribution in [1.29, 1.82) is 0 Å². The lowest BCUT2D eigenvalue weighted by atomic mass is 9.93. The van der Waals surface area contributed by atoms with E-state index in [9.17, 15) is 0 Å². The minimum absolute atomic E-state index is 0.0398. The van der Waals surface area contributed by atoms with Crippen LogP contribution >= 0.6 is 11.3 Å². The van der Waals surface area contributed by atoms with E-state index < -0.39 is 0 Å². The Balaban J connectivity index is 1.31. The van der Waals surface area contributed by atoms with E-state index in [0.29, 0.717) is 0 Å². The summed E-state index contributed by atoms with van der Waals surface area (Å²) >= 11 is 1.65. The summed E-state index contributed by atoms with van der Waals surface area (Å²) in [5, 5.41) is 18.2. The largest absolute Gasteiger partial charge is 0.352 e. The van der Waals surface area contributed by atoms with Gasteiger partial charge in [0.05, 0.1) is 11.9 Å². The van der Waals surface area contributed by atoms with Gasteiger partial charge in [-0.25, -0.2) is 9.50 Å². The Morgan fingerprint density at radius 1 is 0.963 bits per heavy atom. The lowest BCUT2D eigenvalue weighted by Gasteiger charge is -2.34. The standard InChI is InChI=1S/C17H21N9S/c1-17(2,3)12-10-25-15(19-12)27-16(22-25)24-8-6-23(7-9-24)14-5-4-13-20-18-11-26(13)21-14/h4-5,10-11H,6-9H2,1-3H3. The molecule has 0 saturated carbocycles. The van der Waals surface area contributed by atoms with Crippen LogP contribution in [-0.2, 0) is 5.41 Å². The Hall–Kier alpha value is -2.75. The third-order valence-electron chi connectivity index (χ3n) is 4.82. The normalized spacial score (nSPS) is 16.0. The topological polar surface area (TPSA) is 79.8 Å². The summed E-state index contributed by atoms with van der Waals surface area (Å²) in [4.78, 5) is 10.3. The highest BCUT2D eigenvalue weighted by Gasteiger charge is 2.23. The lowest BCUT2D eigenvalue weighted by Crippen LogP contribution is -2.47. The van der Waals surface area contributed by atoms with Crippen molar-refractivity contribution in [2.24, 2.45) is 0 Å². The molecule has 10 heteroatoms. The third-order valence-corrected chi connectivity index (χ3v) is 5.81. The van der Waals surface area contributed by atoms with Gasteiger partial charge in [-0.3, -0.25) is 0 Å². The highest BCUT2D eigenvalue weighted by Crippen LogP contribution is 2.28. The van der Waals surface area contributed by atoms with Gasteiger partial charge in [0, 0.05) is 31.6 Å². The number of rotatable bonds is 2. The van der Waals surface area contributed by atoms with E-state index in [2.05, 4.69) is 45.9 Å². The van der Waals surface area contributed by atoms with Crippen molar-refractivity contribution in [1.82, 2.24) is 34.4 Å². The first-order chi connectivity index (χ1) is 13.0. The van der Waals surface area contributed by atoms with Crippen molar-refractivity contribution >= 4 is 32.9 Å². The van der Waals surface area contributed by atoms with Crippen LogP contribution in [0.5, 0.6) is 0 Å². The van der Waals surface area contributed by atoms with Crippen molar-refractivity contribution < 1.29 is 0 Å². The van der Waals surface area contributed by atoms with E-state index in [4.69, 9.17) is 10.1 Å². The molecule has 1 aliphatic rings. The molecule has 4 aromatic rings. The Morgan fingerprint density at radius 3 is 2.48 bits per heavy atom. The Morgan fingerprint density at radius 2 is 1.74 bits per heavy atom. The molecule has 0 aliphatic carbocycles. The molecule has 0 spiro atoms. The van der Waals surface area contributed by atoms with Gasteiger partial charge in [-0.05, 0) is 12.1 Å². The first kappa shape index (κ1) is 16.4. The van der Waals surface area contributed by atoms with Crippen LogP contribution in [0.25, 0.3) is 10.6 Å². The van der Waals surface area contributed by atoms with Crippen molar-refractivity contribution in [2.45, 2.75) is 26.2 Å². The number of piperazine rings is 1. The van der Waals surface area contributed by atoms with Gasteiger partial charge in [0.1, 0.15) is 12.1 Å². The molecule has 4 aromatic heterocycles. The Labute approximate surface area is 160 Å². The van der Waals surface area contributed by atoms with Crippen molar-refractivity contribution in [3.05, 3.63) is 30.4 Å². The highest BCUT2D eigenvalue weighted by atomic mass is 32.1. The summed E-state index contributed by atoms with van der Waals surface area (Å²) in [6, 6.07) is 3.95.